The van der Waals surface area contributed by atoms with Gasteiger partial charge in [-0.3, -0.25) is 0 Å². The van der Waals surface area contributed by atoms with E-state index in [1.807, 2.05) is 23.6 Å². The summed E-state index contributed by atoms with van der Waals surface area (Å²) in [5, 5.41) is 12.1. The Morgan fingerprint density at radius 2 is 2.39 bits per heavy atom. The summed E-state index contributed by atoms with van der Waals surface area (Å²) in [7, 11) is 1.61. The van der Waals surface area contributed by atoms with Crippen LogP contribution in [0.2, 0.25) is 0 Å². The van der Waals surface area contributed by atoms with Gasteiger partial charge in [0.05, 0.1) is 24.4 Å². The van der Waals surface area contributed by atoms with Gasteiger partial charge in [-0.15, -0.1) is 11.3 Å². The summed E-state index contributed by atoms with van der Waals surface area (Å²) < 4.78 is 11.0. The smallest absolute Gasteiger partial charge is 0.144 e. The summed E-state index contributed by atoms with van der Waals surface area (Å²) >= 11 is 1.53. The Balaban J connectivity index is 1.93. The molecule has 2 atom stereocenters. The molecule has 5 heteroatoms. The molecule has 1 aromatic carbocycles. The third-order valence-electron chi connectivity index (χ3n) is 3.06. The Labute approximate surface area is 109 Å². The van der Waals surface area contributed by atoms with Crippen molar-refractivity contribution in [3.8, 4) is 11.5 Å². The molecule has 1 N–H and O–H groups in total. The number of benzene rings is 1. The van der Waals surface area contributed by atoms with Gasteiger partial charge in [-0.1, -0.05) is 0 Å². The predicted molar refractivity (Wildman–Crippen MR) is 68.1 cm³/mol. The van der Waals surface area contributed by atoms with Gasteiger partial charge in [0.1, 0.15) is 17.6 Å². The number of thiazole rings is 1. The van der Waals surface area contributed by atoms with Crippen LogP contribution >= 0.6 is 11.3 Å². The number of aliphatic hydroxyl groups excluding tert-OH is 1. The van der Waals surface area contributed by atoms with Crippen molar-refractivity contribution in [3.05, 3.63) is 40.3 Å². The number of hydrogen-bond acceptors (Lipinski definition) is 5. The minimum absolute atomic E-state index is 0.174. The van der Waals surface area contributed by atoms with Gasteiger partial charge in [0.2, 0.25) is 0 Å². The van der Waals surface area contributed by atoms with Crippen LogP contribution in [0.15, 0.2) is 29.1 Å². The lowest BCUT2D eigenvalue weighted by molar-refractivity contribution is 0.0637. The van der Waals surface area contributed by atoms with E-state index in [1.54, 1.807) is 12.6 Å². The lowest BCUT2D eigenvalue weighted by atomic mass is 9.97. The highest BCUT2D eigenvalue weighted by Gasteiger charge is 2.29. The maximum Gasteiger partial charge on any atom is 0.144 e. The lowest BCUT2D eigenvalue weighted by Gasteiger charge is -2.28. The van der Waals surface area contributed by atoms with Crippen LogP contribution in [0.1, 0.15) is 29.9 Å². The van der Waals surface area contributed by atoms with E-state index < -0.39 is 6.10 Å². The Kier molecular flexibility index (Phi) is 2.93. The molecule has 0 bridgehead atoms. The second-order valence-corrected chi connectivity index (χ2v) is 4.89. The zero-order valence-electron chi connectivity index (χ0n) is 9.87. The third kappa shape index (κ3) is 1.95. The van der Waals surface area contributed by atoms with E-state index in [2.05, 4.69) is 4.98 Å². The first-order chi connectivity index (χ1) is 8.78. The molecule has 4 nitrogen and oxygen atoms in total. The molecule has 0 aliphatic carbocycles. The first-order valence-electron chi connectivity index (χ1n) is 5.68. The second kappa shape index (κ2) is 4.59. The minimum Gasteiger partial charge on any atom is -0.497 e. The van der Waals surface area contributed by atoms with Gasteiger partial charge in [-0.25, -0.2) is 4.98 Å². The summed E-state index contributed by atoms with van der Waals surface area (Å²) in [4.78, 5) is 4.24. The van der Waals surface area contributed by atoms with Crippen molar-refractivity contribution < 1.29 is 14.6 Å². The van der Waals surface area contributed by atoms with Crippen molar-refractivity contribution in [2.24, 2.45) is 0 Å². The number of methoxy groups -OCH3 is 1. The van der Waals surface area contributed by atoms with Crippen LogP contribution < -0.4 is 9.47 Å². The number of rotatable bonds is 2. The molecule has 18 heavy (non-hydrogen) atoms. The summed E-state index contributed by atoms with van der Waals surface area (Å²) in [6, 6.07) is 5.47. The van der Waals surface area contributed by atoms with Crippen LogP contribution in [0.3, 0.4) is 0 Å². The largest absolute Gasteiger partial charge is 0.497 e. The molecule has 0 radical (unpaired) electrons. The van der Waals surface area contributed by atoms with Crippen molar-refractivity contribution in [2.45, 2.75) is 18.6 Å². The summed E-state index contributed by atoms with van der Waals surface area (Å²) in [6.45, 7) is 0. The second-order valence-electron chi connectivity index (χ2n) is 4.18. The number of nitrogens with zero attached hydrogens (tertiary/aromatic N) is 1. The lowest BCUT2D eigenvalue weighted by Crippen LogP contribution is -2.19. The van der Waals surface area contributed by atoms with Crippen LogP contribution in [-0.4, -0.2) is 17.2 Å². The molecule has 1 unspecified atom stereocenters. The quantitative estimate of drug-likeness (QED) is 0.905. The van der Waals surface area contributed by atoms with Crippen LogP contribution in [0.4, 0.5) is 0 Å². The molecule has 94 valence electrons. The van der Waals surface area contributed by atoms with Crippen molar-refractivity contribution in [1.29, 1.82) is 0 Å². The molecule has 3 rings (SSSR count). The Hall–Kier alpha value is -1.59. The molecule has 2 heterocycles. The molecule has 1 aliphatic rings. The zero-order chi connectivity index (χ0) is 12.5. The fourth-order valence-corrected chi connectivity index (χ4v) is 2.71. The molecule has 0 saturated carbocycles. The van der Waals surface area contributed by atoms with Gasteiger partial charge >= 0.3 is 0 Å². The fraction of sp³-hybridized carbons (Fsp3) is 0.308. The van der Waals surface area contributed by atoms with Crippen LogP contribution in [0, 0.1) is 0 Å². The monoisotopic (exact) mass is 263 g/mol. The standard InChI is InChI=1S/C13H13NO3S/c1-16-8-2-3-12-9(4-8)11(15)5-13(17-12)10-6-18-7-14-10/h2-4,6-7,11,13,15H,5H2,1H3/t11-,13?/m0/s1. The van der Waals surface area contributed by atoms with Gasteiger partial charge < -0.3 is 14.6 Å². The van der Waals surface area contributed by atoms with E-state index in [1.165, 1.54) is 11.3 Å². The molecular weight excluding hydrogens is 250 g/mol. The van der Waals surface area contributed by atoms with Crippen molar-refractivity contribution in [2.75, 3.05) is 7.11 Å². The SMILES string of the molecule is COc1ccc2c(c1)[C@@H](O)CC(c1cscn1)O2. The highest BCUT2D eigenvalue weighted by molar-refractivity contribution is 7.07. The van der Waals surface area contributed by atoms with Gasteiger partial charge in [0.15, 0.2) is 0 Å². The topological polar surface area (TPSA) is 51.6 Å². The van der Waals surface area contributed by atoms with Gasteiger partial charge in [-0.05, 0) is 18.2 Å². The van der Waals surface area contributed by atoms with Crippen molar-refractivity contribution in [3.63, 3.8) is 0 Å². The Morgan fingerprint density at radius 1 is 1.50 bits per heavy atom. The number of hydrogen-bond donors (Lipinski definition) is 1. The van der Waals surface area contributed by atoms with Crippen LogP contribution in [0.25, 0.3) is 0 Å². The number of ether oxygens (including phenoxy) is 2. The molecular formula is C13H13NO3S. The van der Waals surface area contributed by atoms with Crippen molar-refractivity contribution >= 4 is 11.3 Å². The zero-order valence-corrected chi connectivity index (χ0v) is 10.7. The van der Waals surface area contributed by atoms with E-state index in [-0.39, 0.29) is 6.10 Å². The van der Waals surface area contributed by atoms with E-state index in [0.29, 0.717) is 12.2 Å². The van der Waals surface area contributed by atoms with Gasteiger partial charge in [0, 0.05) is 17.4 Å². The van der Waals surface area contributed by atoms with Gasteiger partial charge in [-0.2, -0.15) is 0 Å². The normalized spacial score (nSPS) is 22.1. The minimum atomic E-state index is -0.546. The van der Waals surface area contributed by atoms with E-state index in [4.69, 9.17) is 9.47 Å². The molecule has 1 aliphatic heterocycles. The molecule has 0 amide bonds. The Bertz CT molecular complexity index is 541. The Morgan fingerprint density at radius 3 is 3.11 bits per heavy atom. The third-order valence-corrected chi connectivity index (χ3v) is 3.67. The first-order valence-corrected chi connectivity index (χ1v) is 6.63. The highest BCUT2D eigenvalue weighted by atomic mass is 32.1. The molecule has 0 spiro atoms. The average molecular weight is 263 g/mol. The number of fused-ring (bicyclic) bond motifs is 1. The molecule has 0 saturated heterocycles. The number of aromatic nitrogens is 1. The van der Waals surface area contributed by atoms with E-state index in [9.17, 15) is 5.11 Å². The molecule has 1 aromatic heterocycles. The molecule has 0 fully saturated rings. The summed E-state index contributed by atoms with van der Waals surface area (Å²) in [6.07, 6.45) is -0.202. The highest BCUT2D eigenvalue weighted by Crippen LogP contribution is 2.41. The maximum atomic E-state index is 10.2. The predicted octanol–water partition coefficient (Wildman–Crippen LogP) is 2.71. The average Bonchev–Trinajstić information content (AvgIpc) is 2.92. The van der Waals surface area contributed by atoms with Gasteiger partial charge in [0.25, 0.3) is 0 Å². The fourth-order valence-electron chi connectivity index (χ4n) is 2.11. The van der Waals surface area contributed by atoms with E-state index >= 15 is 0 Å². The summed E-state index contributed by atoms with van der Waals surface area (Å²) in [5.41, 5.74) is 3.43. The summed E-state index contributed by atoms with van der Waals surface area (Å²) in [5.74, 6) is 1.43. The molecule has 2 aromatic rings. The van der Waals surface area contributed by atoms with E-state index in [0.717, 1.165) is 17.0 Å². The van der Waals surface area contributed by atoms with Crippen LogP contribution in [0.5, 0.6) is 11.5 Å². The first kappa shape index (κ1) is 11.5. The maximum absolute atomic E-state index is 10.2. The van der Waals surface area contributed by atoms with Crippen LogP contribution in [-0.2, 0) is 0 Å². The number of aliphatic hydroxyl groups is 1. The van der Waals surface area contributed by atoms with Crippen molar-refractivity contribution in [1.82, 2.24) is 4.98 Å².